The second-order valence-electron chi connectivity index (χ2n) is 8.26. The number of nitrogens with one attached hydrogen (secondary N) is 1. The molecule has 1 fully saturated rings. The highest BCUT2D eigenvalue weighted by atomic mass is 16.5. The number of likely N-dealkylation sites (tertiary alicyclic amines) is 1. The zero-order valence-corrected chi connectivity index (χ0v) is 17.9. The monoisotopic (exact) mass is 417 g/mol. The molecule has 6 nitrogen and oxygen atoms in total. The first-order chi connectivity index (χ1) is 15.1. The van der Waals surface area contributed by atoms with Gasteiger partial charge in [-0.2, -0.15) is 0 Å². The molecule has 1 N–H and O–H groups in total. The Morgan fingerprint density at radius 3 is 2.42 bits per heavy atom. The maximum Gasteiger partial charge on any atom is 0.226 e. The number of piperidine rings is 1. The van der Waals surface area contributed by atoms with E-state index in [9.17, 15) is 4.79 Å². The van der Waals surface area contributed by atoms with Crippen LogP contribution in [-0.2, 0) is 16.8 Å². The number of carbonyl (C=O) groups excluding carboxylic acids is 1. The Balaban J connectivity index is 1.32. The molecule has 31 heavy (non-hydrogen) atoms. The van der Waals surface area contributed by atoms with Crippen molar-refractivity contribution in [3.05, 3.63) is 72.1 Å². The molecule has 3 aromatic rings. The molecule has 2 aliphatic rings. The van der Waals surface area contributed by atoms with Crippen LogP contribution >= 0.6 is 0 Å². The first kappa shape index (κ1) is 19.5. The molecule has 0 unspecified atom stereocenters. The number of nitrogens with zero attached hydrogens (tertiary/aromatic N) is 2. The quantitative estimate of drug-likeness (QED) is 0.698. The van der Waals surface area contributed by atoms with Crippen molar-refractivity contribution in [2.75, 3.05) is 32.6 Å². The predicted octanol–water partition coefficient (Wildman–Crippen LogP) is 3.98. The normalized spacial score (nSPS) is 16.3. The molecule has 1 saturated heterocycles. The molecule has 2 aliphatic heterocycles. The molecule has 0 radical (unpaired) electrons. The molecular formula is C25H27N3O3. The number of methoxy groups -OCH3 is 2. The van der Waals surface area contributed by atoms with E-state index in [1.54, 1.807) is 14.2 Å². The van der Waals surface area contributed by atoms with E-state index in [0.29, 0.717) is 6.42 Å². The van der Waals surface area contributed by atoms with Gasteiger partial charge in [0.05, 0.1) is 37.6 Å². The molecule has 0 saturated carbocycles. The molecule has 0 aliphatic carbocycles. The fourth-order valence-electron chi connectivity index (χ4n) is 4.80. The third-order valence-corrected chi connectivity index (χ3v) is 6.56. The van der Waals surface area contributed by atoms with Gasteiger partial charge in [0.2, 0.25) is 5.91 Å². The number of hydrogen-bond donors (Lipinski definition) is 1. The Labute approximate surface area is 182 Å². The fraction of sp³-hybridized carbons (Fsp3) is 0.320. The summed E-state index contributed by atoms with van der Waals surface area (Å²) in [4.78, 5) is 14.9. The predicted molar refractivity (Wildman–Crippen MR) is 120 cm³/mol. The number of anilines is 1. The van der Waals surface area contributed by atoms with Crippen molar-refractivity contribution >= 4 is 11.6 Å². The van der Waals surface area contributed by atoms with Crippen LogP contribution in [0, 0.1) is 0 Å². The van der Waals surface area contributed by atoms with Crippen LogP contribution in [0.15, 0.2) is 60.8 Å². The van der Waals surface area contributed by atoms with Gasteiger partial charge in [-0.1, -0.05) is 12.1 Å². The highest BCUT2D eigenvalue weighted by Crippen LogP contribution is 2.44. The lowest BCUT2D eigenvalue weighted by Crippen LogP contribution is -2.51. The van der Waals surface area contributed by atoms with E-state index in [1.807, 2.05) is 35.2 Å². The highest BCUT2D eigenvalue weighted by molar-refractivity contribution is 5.79. The van der Waals surface area contributed by atoms with Gasteiger partial charge in [-0.05, 0) is 54.8 Å². The zero-order chi connectivity index (χ0) is 21.4. The van der Waals surface area contributed by atoms with Gasteiger partial charge in [-0.15, -0.1) is 0 Å². The Morgan fingerprint density at radius 1 is 1.00 bits per heavy atom. The standard InChI is InChI=1S/C25H27N3O3/c1-30-19-7-5-18(6-8-19)16-24(29)27-14-11-25(12-15-27)23-4-3-13-28(23)22-10-9-20(31-2)17-21(22)26-25/h3-10,13,17,26H,11-12,14-16H2,1-2H3. The van der Waals surface area contributed by atoms with Crippen molar-refractivity contribution in [3.63, 3.8) is 0 Å². The second-order valence-corrected chi connectivity index (χ2v) is 8.26. The largest absolute Gasteiger partial charge is 0.497 e. The average molecular weight is 418 g/mol. The molecule has 0 bridgehead atoms. The smallest absolute Gasteiger partial charge is 0.226 e. The fourth-order valence-corrected chi connectivity index (χ4v) is 4.80. The van der Waals surface area contributed by atoms with Crippen LogP contribution in [0.2, 0.25) is 0 Å². The van der Waals surface area contributed by atoms with E-state index in [-0.39, 0.29) is 11.4 Å². The molecule has 3 heterocycles. The second kappa shape index (κ2) is 7.69. The van der Waals surface area contributed by atoms with Gasteiger partial charge in [0, 0.05) is 31.0 Å². The van der Waals surface area contributed by atoms with Crippen LogP contribution in [0.5, 0.6) is 11.5 Å². The summed E-state index contributed by atoms with van der Waals surface area (Å²) in [6, 6.07) is 18.1. The summed E-state index contributed by atoms with van der Waals surface area (Å²) in [6.07, 6.45) is 4.26. The summed E-state index contributed by atoms with van der Waals surface area (Å²) in [5.74, 6) is 1.82. The molecule has 1 aromatic heterocycles. The molecule has 1 amide bonds. The summed E-state index contributed by atoms with van der Waals surface area (Å²) in [7, 11) is 3.34. The minimum absolute atomic E-state index is 0.174. The van der Waals surface area contributed by atoms with Crippen LogP contribution in [-0.4, -0.2) is 42.7 Å². The lowest BCUT2D eigenvalue weighted by molar-refractivity contribution is -0.132. The lowest BCUT2D eigenvalue weighted by Gasteiger charge is -2.46. The van der Waals surface area contributed by atoms with E-state index in [1.165, 1.54) is 5.69 Å². The van der Waals surface area contributed by atoms with Crippen LogP contribution < -0.4 is 14.8 Å². The number of amides is 1. The van der Waals surface area contributed by atoms with E-state index in [0.717, 1.165) is 54.4 Å². The molecular weight excluding hydrogens is 390 g/mol. The van der Waals surface area contributed by atoms with Crippen molar-refractivity contribution in [2.45, 2.75) is 24.8 Å². The van der Waals surface area contributed by atoms with Gasteiger partial charge in [-0.25, -0.2) is 0 Å². The Kier molecular flexibility index (Phi) is 4.85. The minimum Gasteiger partial charge on any atom is -0.497 e. The first-order valence-electron chi connectivity index (χ1n) is 10.7. The van der Waals surface area contributed by atoms with Crippen molar-refractivity contribution in [1.29, 1.82) is 0 Å². The Hall–Kier alpha value is -3.41. The van der Waals surface area contributed by atoms with Crippen LogP contribution in [0.4, 0.5) is 5.69 Å². The van der Waals surface area contributed by atoms with Crippen molar-refractivity contribution in [1.82, 2.24) is 9.47 Å². The Bertz CT molecular complexity index is 1100. The van der Waals surface area contributed by atoms with Gasteiger partial charge in [0.25, 0.3) is 0 Å². The molecule has 1 spiro atoms. The summed E-state index contributed by atoms with van der Waals surface area (Å²) < 4.78 is 12.9. The average Bonchev–Trinajstić information content (AvgIpc) is 3.31. The molecule has 6 heteroatoms. The number of fused-ring (bicyclic) bond motifs is 4. The summed E-state index contributed by atoms with van der Waals surface area (Å²) >= 11 is 0. The number of benzene rings is 2. The SMILES string of the molecule is COc1ccc(CC(=O)N2CCC3(CC2)Nc2cc(OC)ccc2-n2cccc23)cc1. The van der Waals surface area contributed by atoms with Crippen LogP contribution in [0.25, 0.3) is 5.69 Å². The van der Waals surface area contributed by atoms with E-state index in [2.05, 4.69) is 40.3 Å². The van der Waals surface area contributed by atoms with Gasteiger partial charge < -0.3 is 24.3 Å². The molecule has 0 atom stereocenters. The maximum atomic E-state index is 12.9. The number of rotatable bonds is 4. The van der Waals surface area contributed by atoms with Crippen LogP contribution in [0.1, 0.15) is 24.1 Å². The van der Waals surface area contributed by atoms with Crippen molar-refractivity contribution in [2.24, 2.45) is 0 Å². The molecule has 2 aromatic carbocycles. The van der Waals surface area contributed by atoms with Gasteiger partial charge in [0.15, 0.2) is 0 Å². The topological polar surface area (TPSA) is 55.7 Å². The van der Waals surface area contributed by atoms with E-state index < -0.39 is 0 Å². The number of ether oxygens (including phenoxy) is 2. The van der Waals surface area contributed by atoms with Gasteiger partial charge in [0.1, 0.15) is 11.5 Å². The van der Waals surface area contributed by atoms with Gasteiger partial charge >= 0.3 is 0 Å². The zero-order valence-electron chi connectivity index (χ0n) is 17.9. The Morgan fingerprint density at radius 2 is 1.71 bits per heavy atom. The summed E-state index contributed by atoms with van der Waals surface area (Å²) in [5.41, 5.74) is 4.29. The van der Waals surface area contributed by atoms with Crippen molar-refractivity contribution < 1.29 is 14.3 Å². The molecule has 5 rings (SSSR count). The van der Waals surface area contributed by atoms with Crippen molar-refractivity contribution in [3.8, 4) is 17.2 Å². The summed E-state index contributed by atoms with van der Waals surface area (Å²) in [6.45, 7) is 1.46. The lowest BCUT2D eigenvalue weighted by atomic mass is 9.82. The summed E-state index contributed by atoms with van der Waals surface area (Å²) in [5, 5.41) is 3.80. The molecule has 160 valence electrons. The third kappa shape index (κ3) is 3.42. The third-order valence-electron chi connectivity index (χ3n) is 6.56. The number of carbonyl (C=O) groups is 1. The van der Waals surface area contributed by atoms with E-state index in [4.69, 9.17) is 9.47 Å². The first-order valence-corrected chi connectivity index (χ1v) is 10.7. The van der Waals surface area contributed by atoms with Gasteiger partial charge in [-0.3, -0.25) is 4.79 Å². The van der Waals surface area contributed by atoms with E-state index >= 15 is 0 Å². The minimum atomic E-state index is -0.181. The number of aromatic nitrogens is 1. The maximum absolute atomic E-state index is 12.9. The van der Waals surface area contributed by atoms with Crippen LogP contribution in [0.3, 0.4) is 0 Å². The highest BCUT2D eigenvalue weighted by Gasteiger charge is 2.42. The number of hydrogen-bond acceptors (Lipinski definition) is 4.